The number of thiocarbonyl (C=S) groups is 1. The van der Waals surface area contributed by atoms with Crippen molar-refractivity contribution in [1.82, 2.24) is 10.6 Å². The predicted molar refractivity (Wildman–Crippen MR) is 121 cm³/mol. The minimum absolute atomic E-state index is 0.135. The highest BCUT2D eigenvalue weighted by Crippen LogP contribution is 2.27. The summed E-state index contributed by atoms with van der Waals surface area (Å²) in [4.78, 5) is 12.0. The SMILES string of the molecule is CC(C)Oc1ccc(CNC(=S)NC(=O)CCCOc2ccc(Cl)cc2Cl)cc1. The molecule has 0 heterocycles. The van der Waals surface area contributed by atoms with Gasteiger partial charge in [0, 0.05) is 18.0 Å². The first-order valence-electron chi connectivity index (χ1n) is 9.24. The normalized spacial score (nSPS) is 10.5. The first kappa shape index (κ1) is 23.3. The van der Waals surface area contributed by atoms with Crippen molar-refractivity contribution < 1.29 is 14.3 Å². The van der Waals surface area contributed by atoms with Crippen LogP contribution in [0.3, 0.4) is 0 Å². The van der Waals surface area contributed by atoms with Crippen LogP contribution in [0.5, 0.6) is 11.5 Å². The van der Waals surface area contributed by atoms with Gasteiger partial charge in [-0.1, -0.05) is 35.3 Å². The highest BCUT2D eigenvalue weighted by Gasteiger charge is 2.07. The molecule has 0 unspecified atom stereocenters. The van der Waals surface area contributed by atoms with Crippen LogP contribution in [0, 0.1) is 0 Å². The molecule has 2 aromatic carbocycles. The van der Waals surface area contributed by atoms with Gasteiger partial charge < -0.3 is 20.1 Å². The molecule has 5 nitrogen and oxygen atoms in total. The molecule has 2 rings (SSSR count). The lowest BCUT2D eigenvalue weighted by molar-refractivity contribution is -0.119. The van der Waals surface area contributed by atoms with E-state index >= 15 is 0 Å². The molecule has 0 aliphatic carbocycles. The maximum Gasteiger partial charge on any atom is 0.226 e. The Morgan fingerprint density at radius 1 is 1.14 bits per heavy atom. The number of carbonyl (C=O) groups excluding carboxylic acids is 1. The number of hydrogen-bond donors (Lipinski definition) is 2. The molecule has 0 atom stereocenters. The zero-order chi connectivity index (χ0) is 21.2. The molecule has 0 aromatic heterocycles. The molecule has 1 amide bonds. The summed E-state index contributed by atoms with van der Waals surface area (Å²) < 4.78 is 11.2. The van der Waals surface area contributed by atoms with Crippen molar-refractivity contribution in [3.05, 3.63) is 58.1 Å². The van der Waals surface area contributed by atoms with E-state index in [0.29, 0.717) is 40.5 Å². The maximum absolute atomic E-state index is 12.0. The smallest absolute Gasteiger partial charge is 0.226 e. The maximum atomic E-state index is 12.0. The topological polar surface area (TPSA) is 59.6 Å². The summed E-state index contributed by atoms with van der Waals surface area (Å²) in [7, 11) is 0. The molecular formula is C21H24Cl2N2O3S. The second-order valence-corrected chi connectivity index (χ2v) is 7.82. The standard InChI is InChI=1S/C21H24Cl2N2O3S/c1-14(2)28-17-8-5-15(6-9-17)13-24-21(29)25-20(26)4-3-11-27-19-10-7-16(22)12-18(19)23/h5-10,12,14H,3-4,11,13H2,1-2H3,(H2,24,25,26,29). The molecule has 2 aromatic rings. The van der Waals surface area contributed by atoms with Crippen LogP contribution in [-0.2, 0) is 11.3 Å². The van der Waals surface area contributed by atoms with Crippen LogP contribution in [0.1, 0.15) is 32.3 Å². The Hall–Kier alpha value is -2.02. The molecule has 156 valence electrons. The second-order valence-electron chi connectivity index (χ2n) is 6.57. The van der Waals surface area contributed by atoms with E-state index in [0.717, 1.165) is 11.3 Å². The molecule has 8 heteroatoms. The van der Waals surface area contributed by atoms with Crippen molar-refractivity contribution in [2.75, 3.05) is 6.61 Å². The van der Waals surface area contributed by atoms with Crippen LogP contribution in [0.2, 0.25) is 10.0 Å². The summed E-state index contributed by atoms with van der Waals surface area (Å²) in [5, 5.41) is 6.96. The average Bonchev–Trinajstić information content (AvgIpc) is 2.65. The Balaban J connectivity index is 1.63. The van der Waals surface area contributed by atoms with Gasteiger partial charge in [-0.3, -0.25) is 4.79 Å². The number of hydrogen-bond acceptors (Lipinski definition) is 4. The van der Waals surface area contributed by atoms with Gasteiger partial charge in [-0.05, 0) is 68.4 Å². The Morgan fingerprint density at radius 3 is 2.52 bits per heavy atom. The fourth-order valence-electron chi connectivity index (χ4n) is 2.38. The van der Waals surface area contributed by atoms with Crippen LogP contribution in [0.25, 0.3) is 0 Å². The number of carbonyl (C=O) groups is 1. The second kappa shape index (κ2) is 11.9. The summed E-state index contributed by atoms with van der Waals surface area (Å²) in [5.41, 5.74) is 1.03. The fraction of sp³-hybridized carbons (Fsp3) is 0.333. The molecular weight excluding hydrogens is 431 g/mol. The third-order valence-electron chi connectivity index (χ3n) is 3.70. The molecule has 2 N–H and O–H groups in total. The lowest BCUT2D eigenvalue weighted by Gasteiger charge is -2.12. The van der Waals surface area contributed by atoms with Gasteiger partial charge in [-0.25, -0.2) is 0 Å². The zero-order valence-corrected chi connectivity index (χ0v) is 18.7. The first-order valence-corrected chi connectivity index (χ1v) is 10.4. The molecule has 0 bridgehead atoms. The van der Waals surface area contributed by atoms with E-state index in [1.807, 2.05) is 38.1 Å². The highest BCUT2D eigenvalue weighted by molar-refractivity contribution is 7.80. The van der Waals surface area contributed by atoms with Gasteiger partial charge in [-0.2, -0.15) is 0 Å². The van der Waals surface area contributed by atoms with Gasteiger partial charge in [0.05, 0.1) is 17.7 Å². The Labute approximate surface area is 186 Å². The minimum atomic E-state index is -0.172. The molecule has 0 saturated carbocycles. The summed E-state index contributed by atoms with van der Waals surface area (Å²) in [6.07, 6.45) is 0.953. The van der Waals surface area contributed by atoms with Crippen molar-refractivity contribution in [2.45, 2.75) is 39.3 Å². The number of ether oxygens (including phenoxy) is 2. The van der Waals surface area contributed by atoms with E-state index in [9.17, 15) is 4.79 Å². The lowest BCUT2D eigenvalue weighted by Crippen LogP contribution is -2.38. The minimum Gasteiger partial charge on any atom is -0.492 e. The Bertz CT molecular complexity index is 829. The van der Waals surface area contributed by atoms with Crippen LogP contribution in [-0.4, -0.2) is 23.7 Å². The number of halogens is 2. The summed E-state index contributed by atoms with van der Waals surface area (Å²) >= 11 is 17.0. The quantitative estimate of drug-likeness (QED) is 0.406. The monoisotopic (exact) mass is 454 g/mol. The number of nitrogens with one attached hydrogen (secondary N) is 2. The summed E-state index contributed by atoms with van der Waals surface area (Å²) in [6.45, 7) is 4.84. The van der Waals surface area contributed by atoms with Crippen LogP contribution < -0.4 is 20.1 Å². The molecule has 0 spiro atoms. The van der Waals surface area contributed by atoms with Gasteiger partial charge in [-0.15, -0.1) is 0 Å². The number of amides is 1. The van der Waals surface area contributed by atoms with E-state index < -0.39 is 0 Å². The first-order chi connectivity index (χ1) is 13.8. The van der Waals surface area contributed by atoms with Gasteiger partial charge in [0.15, 0.2) is 5.11 Å². The predicted octanol–water partition coefficient (Wildman–Crippen LogP) is 5.13. The van der Waals surface area contributed by atoms with E-state index in [-0.39, 0.29) is 18.4 Å². The zero-order valence-electron chi connectivity index (χ0n) is 16.3. The van der Waals surface area contributed by atoms with Gasteiger partial charge >= 0.3 is 0 Å². The van der Waals surface area contributed by atoms with Crippen LogP contribution in [0.15, 0.2) is 42.5 Å². The molecule has 0 aliphatic heterocycles. The van der Waals surface area contributed by atoms with E-state index in [1.54, 1.807) is 18.2 Å². The Morgan fingerprint density at radius 2 is 1.86 bits per heavy atom. The van der Waals surface area contributed by atoms with Crippen molar-refractivity contribution in [1.29, 1.82) is 0 Å². The van der Waals surface area contributed by atoms with Crippen LogP contribution >= 0.6 is 35.4 Å². The molecule has 0 aliphatic rings. The molecule has 29 heavy (non-hydrogen) atoms. The highest BCUT2D eigenvalue weighted by atomic mass is 35.5. The molecule has 0 saturated heterocycles. The van der Waals surface area contributed by atoms with E-state index in [2.05, 4.69) is 10.6 Å². The van der Waals surface area contributed by atoms with Gasteiger partial charge in [0.25, 0.3) is 0 Å². The molecule has 0 radical (unpaired) electrons. The Kier molecular flexibility index (Phi) is 9.51. The van der Waals surface area contributed by atoms with Gasteiger partial charge in [0.2, 0.25) is 5.91 Å². The number of rotatable bonds is 9. The summed E-state index contributed by atoms with van der Waals surface area (Å²) in [5.74, 6) is 1.19. The third kappa shape index (κ3) is 8.90. The number of benzene rings is 2. The lowest BCUT2D eigenvalue weighted by atomic mass is 10.2. The van der Waals surface area contributed by atoms with Crippen molar-refractivity contribution >= 4 is 46.4 Å². The van der Waals surface area contributed by atoms with Crippen molar-refractivity contribution in [2.24, 2.45) is 0 Å². The largest absolute Gasteiger partial charge is 0.492 e. The van der Waals surface area contributed by atoms with Crippen molar-refractivity contribution in [3.8, 4) is 11.5 Å². The van der Waals surface area contributed by atoms with Crippen LogP contribution in [0.4, 0.5) is 0 Å². The van der Waals surface area contributed by atoms with E-state index in [4.69, 9.17) is 44.9 Å². The third-order valence-corrected chi connectivity index (χ3v) is 4.48. The fourth-order valence-corrected chi connectivity index (χ4v) is 3.03. The van der Waals surface area contributed by atoms with Gasteiger partial charge in [0.1, 0.15) is 11.5 Å². The van der Waals surface area contributed by atoms with Crippen molar-refractivity contribution in [3.63, 3.8) is 0 Å². The average molecular weight is 455 g/mol. The summed E-state index contributed by atoms with van der Waals surface area (Å²) in [6, 6.07) is 12.7. The van der Waals surface area contributed by atoms with E-state index in [1.165, 1.54) is 0 Å². The molecule has 0 fully saturated rings.